The summed E-state index contributed by atoms with van der Waals surface area (Å²) in [5, 5.41) is 2.91. The third-order valence-electron chi connectivity index (χ3n) is 5.67. The van der Waals surface area contributed by atoms with E-state index in [1.165, 1.54) is 0 Å². The molecule has 172 valence electrons. The predicted molar refractivity (Wildman–Crippen MR) is 131 cm³/mol. The highest BCUT2D eigenvalue weighted by atomic mass is 16.5. The van der Waals surface area contributed by atoms with Gasteiger partial charge in [-0.3, -0.25) is 9.59 Å². The van der Waals surface area contributed by atoms with Crippen molar-refractivity contribution in [1.29, 1.82) is 0 Å². The van der Waals surface area contributed by atoms with E-state index < -0.39 is 6.04 Å². The molecule has 0 spiro atoms. The summed E-state index contributed by atoms with van der Waals surface area (Å²) in [6.45, 7) is 6.53. The first kappa shape index (κ1) is 24.1. The van der Waals surface area contributed by atoms with Crippen molar-refractivity contribution in [2.45, 2.75) is 39.8 Å². The van der Waals surface area contributed by atoms with Gasteiger partial charge in [-0.15, -0.1) is 0 Å². The van der Waals surface area contributed by atoms with E-state index in [9.17, 15) is 9.59 Å². The van der Waals surface area contributed by atoms with Gasteiger partial charge < -0.3 is 15.0 Å². The number of amides is 2. The fraction of sp³-hybridized carbons (Fsp3) is 0.286. The van der Waals surface area contributed by atoms with Crippen LogP contribution in [0.15, 0.2) is 78.9 Å². The van der Waals surface area contributed by atoms with E-state index in [0.29, 0.717) is 25.3 Å². The van der Waals surface area contributed by atoms with Gasteiger partial charge in [-0.1, -0.05) is 72.8 Å². The monoisotopic (exact) mass is 444 g/mol. The van der Waals surface area contributed by atoms with Gasteiger partial charge in [0, 0.05) is 19.5 Å². The highest BCUT2D eigenvalue weighted by Crippen LogP contribution is 2.19. The van der Waals surface area contributed by atoms with Crippen molar-refractivity contribution in [2.75, 3.05) is 13.2 Å². The highest BCUT2D eigenvalue weighted by Gasteiger charge is 2.30. The maximum Gasteiger partial charge on any atom is 0.261 e. The minimum atomic E-state index is -0.653. The Kier molecular flexibility index (Phi) is 8.64. The van der Waals surface area contributed by atoms with Crippen LogP contribution in [-0.4, -0.2) is 35.9 Å². The molecule has 0 aliphatic carbocycles. The predicted octanol–water partition coefficient (Wildman–Crippen LogP) is 4.46. The third kappa shape index (κ3) is 6.69. The Morgan fingerprint density at radius 3 is 2.18 bits per heavy atom. The summed E-state index contributed by atoms with van der Waals surface area (Å²) >= 11 is 0. The molecule has 0 heterocycles. The van der Waals surface area contributed by atoms with E-state index in [4.69, 9.17) is 4.74 Å². The maximum absolute atomic E-state index is 13.5. The number of nitrogens with one attached hydrogen (secondary N) is 1. The molecule has 1 atom stereocenters. The normalized spacial score (nSPS) is 11.5. The molecule has 0 aliphatic heterocycles. The Morgan fingerprint density at radius 2 is 1.52 bits per heavy atom. The quantitative estimate of drug-likeness (QED) is 0.502. The summed E-state index contributed by atoms with van der Waals surface area (Å²) in [6, 6.07) is 24.7. The lowest BCUT2D eigenvalue weighted by atomic mass is 10.0. The first-order valence-corrected chi connectivity index (χ1v) is 11.3. The molecule has 5 nitrogen and oxygen atoms in total. The molecule has 0 aromatic heterocycles. The van der Waals surface area contributed by atoms with E-state index >= 15 is 0 Å². The average Bonchev–Trinajstić information content (AvgIpc) is 2.82. The Morgan fingerprint density at radius 1 is 0.879 bits per heavy atom. The lowest BCUT2D eigenvalue weighted by molar-refractivity contribution is -0.142. The molecule has 3 aromatic carbocycles. The minimum absolute atomic E-state index is 0.137. The number of hydrogen-bond donors (Lipinski definition) is 1. The van der Waals surface area contributed by atoms with Crippen LogP contribution < -0.4 is 10.1 Å². The zero-order valence-corrected chi connectivity index (χ0v) is 19.6. The Hall–Kier alpha value is -3.60. The van der Waals surface area contributed by atoms with Crippen LogP contribution >= 0.6 is 0 Å². The number of aryl methyl sites for hydroxylation is 2. The second-order valence-electron chi connectivity index (χ2n) is 8.10. The van der Waals surface area contributed by atoms with Crippen molar-refractivity contribution in [3.8, 4) is 5.75 Å². The lowest BCUT2D eigenvalue weighted by Gasteiger charge is -2.32. The summed E-state index contributed by atoms with van der Waals surface area (Å²) in [7, 11) is 0. The van der Waals surface area contributed by atoms with Gasteiger partial charge in [0.1, 0.15) is 11.8 Å². The van der Waals surface area contributed by atoms with Crippen molar-refractivity contribution >= 4 is 11.8 Å². The number of hydrogen-bond acceptors (Lipinski definition) is 3. The molecule has 33 heavy (non-hydrogen) atoms. The summed E-state index contributed by atoms with van der Waals surface area (Å²) in [4.78, 5) is 28.3. The molecule has 1 N–H and O–H groups in total. The minimum Gasteiger partial charge on any atom is -0.484 e. The van der Waals surface area contributed by atoms with Crippen molar-refractivity contribution in [3.63, 3.8) is 0 Å². The molecule has 0 radical (unpaired) electrons. The van der Waals surface area contributed by atoms with E-state index in [0.717, 1.165) is 22.3 Å². The summed E-state index contributed by atoms with van der Waals surface area (Å²) in [5.41, 5.74) is 4.03. The van der Waals surface area contributed by atoms with Gasteiger partial charge in [-0.25, -0.2) is 0 Å². The van der Waals surface area contributed by atoms with Crippen LogP contribution in [0.4, 0.5) is 0 Å². The van der Waals surface area contributed by atoms with Crippen LogP contribution in [0.1, 0.15) is 29.2 Å². The Balaban J connectivity index is 1.91. The largest absolute Gasteiger partial charge is 0.484 e. The number of rotatable bonds is 10. The molecule has 3 aromatic rings. The first-order chi connectivity index (χ1) is 16.0. The zero-order chi connectivity index (χ0) is 23.6. The van der Waals surface area contributed by atoms with Gasteiger partial charge in [0.05, 0.1) is 0 Å². The van der Waals surface area contributed by atoms with Gasteiger partial charge >= 0.3 is 0 Å². The topological polar surface area (TPSA) is 58.6 Å². The lowest BCUT2D eigenvalue weighted by Crippen LogP contribution is -2.51. The van der Waals surface area contributed by atoms with E-state index in [1.54, 1.807) is 4.90 Å². The van der Waals surface area contributed by atoms with Gasteiger partial charge in [0.25, 0.3) is 5.91 Å². The van der Waals surface area contributed by atoms with E-state index in [2.05, 4.69) is 5.32 Å². The van der Waals surface area contributed by atoms with Crippen LogP contribution in [0.5, 0.6) is 5.75 Å². The van der Waals surface area contributed by atoms with Crippen molar-refractivity contribution < 1.29 is 14.3 Å². The molecule has 3 rings (SSSR count). The Bertz CT molecular complexity index is 1070. The van der Waals surface area contributed by atoms with E-state index in [-0.39, 0.29) is 18.4 Å². The first-order valence-electron chi connectivity index (χ1n) is 11.3. The van der Waals surface area contributed by atoms with Gasteiger partial charge in [0.15, 0.2) is 6.61 Å². The van der Waals surface area contributed by atoms with Gasteiger partial charge in [0.2, 0.25) is 5.91 Å². The standard InChI is InChI=1S/C28H32N2O3/c1-4-29-28(32)25(18-23-14-6-5-7-15-23)30(19-24-16-10-8-12-21(24)2)27(31)20-33-26-17-11-9-13-22(26)3/h5-17,25H,4,18-20H2,1-3H3,(H,29,32)/t25-/m1/s1. The smallest absolute Gasteiger partial charge is 0.261 e. The number of carbonyl (C=O) groups is 2. The second-order valence-corrected chi connectivity index (χ2v) is 8.10. The number of likely N-dealkylation sites (N-methyl/N-ethyl adjacent to an activating group) is 1. The maximum atomic E-state index is 13.5. The Labute approximate surface area is 196 Å². The molecule has 0 bridgehead atoms. The van der Waals surface area contributed by atoms with Crippen LogP contribution in [0, 0.1) is 13.8 Å². The van der Waals surface area contributed by atoms with Crippen molar-refractivity contribution in [1.82, 2.24) is 10.2 Å². The molecule has 0 saturated carbocycles. The van der Waals surface area contributed by atoms with Crippen LogP contribution in [0.25, 0.3) is 0 Å². The molecule has 0 unspecified atom stereocenters. The molecule has 5 heteroatoms. The van der Waals surface area contributed by atoms with Crippen molar-refractivity contribution in [3.05, 3.63) is 101 Å². The molecule has 0 fully saturated rings. The zero-order valence-electron chi connectivity index (χ0n) is 19.6. The van der Waals surface area contributed by atoms with Crippen LogP contribution in [0.2, 0.25) is 0 Å². The molecule has 2 amide bonds. The molecule has 0 aliphatic rings. The highest BCUT2D eigenvalue weighted by molar-refractivity contribution is 5.88. The summed E-state index contributed by atoms with van der Waals surface area (Å²) in [5.74, 6) is 0.271. The SMILES string of the molecule is CCNC(=O)[C@@H](Cc1ccccc1)N(Cc1ccccc1C)C(=O)COc1ccccc1C. The fourth-order valence-electron chi connectivity index (χ4n) is 3.76. The molecular weight excluding hydrogens is 412 g/mol. The van der Waals surface area contributed by atoms with Crippen LogP contribution in [-0.2, 0) is 22.6 Å². The number of carbonyl (C=O) groups excluding carboxylic acids is 2. The van der Waals surface area contributed by atoms with E-state index in [1.807, 2.05) is 99.6 Å². The number of ether oxygens (including phenoxy) is 1. The molecule has 0 saturated heterocycles. The summed E-state index contributed by atoms with van der Waals surface area (Å²) < 4.78 is 5.86. The van der Waals surface area contributed by atoms with Gasteiger partial charge in [-0.2, -0.15) is 0 Å². The van der Waals surface area contributed by atoms with Gasteiger partial charge in [-0.05, 0) is 49.1 Å². The number of para-hydroxylation sites is 1. The third-order valence-corrected chi connectivity index (χ3v) is 5.67. The molecular formula is C28H32N2O3. The summed E-state index contributed by atoms with van der Waals surface area (Å²) in [6.07, 6.45) is 0.425. The number of benzene rings is 3. The number of nitrogens with zero attached hydrogens (tertiary/aromatic N) is 1. The van der Waals surface area contributed by atoms with Crippen molar-refractivity contribution in [2.24, 2.45) is 0 Å². The average molecular weight is 445 g/mol. The van der Waals surface area contributed by atoms with Crippen LogP contribution in [0.3, 0.4) is 0 Å². The fourth-order valence-corrected chi connectivity index (χ4v) is 3.76. The second kappa shape index (κ2) is 11.9.